The maximum absolute atomic E-state index is 13.6. The summed E-state index contributed by atoms with van der Waals surface area (Å²) in [5.41, 5.74) is 1.95. The van der Waals surface area contributed by atoms with Gasteiger partial charge in [0, 0.05) is 32.2 Å². The van der Waals surface area contributed by atoms with Crippen molar-refractivity contribution in [3.8, 4) is 0 Å². The van der Waals surface area contributed by atoms with Gasteiger partial charge in [0.15, 0.2) is 0 Å². The fourth-order valence-electron chi connectivity index (χ4n) is 2.65. The molecule has 1 heterocycles. The van der Waals surface area contributed by atoms with E-state index in [1.807, 2.05) is 13.0 Å². The SMILES string of the molecule is CC[C@H](c1cccc(F)c1C)N1CCNCC1. The molecule has 1 saturated heterocycles. The molecule has 0 unspecified atom stereocenters. The van der Waals surface area contributed by atoms with Crippen molar-refractivity contribution >= 4 is 0 Å². The number of piperazine rings is 1. The van der Waals surface area contributed by atoms with Crippen LogP contribution < -0.4 is 5.32 Å². The van der Waals surface area contributed by atoms with Crippen molar-refractivity contribution < 1.29 is 4.39 Å². The minimum absolute atomic E-state index is 0.0870. The predicted octanol–water partition coefficient (Wildman–Crippen LogP) is 2.49. The van der Waals surface area contributed by atoms with Gasteiger partial charge in [-0.15, -0.1) is 0 Å². The minimum atomic E-state index is -0.0870. The van der Waals surface area contributed by atoms with Crippen molar-refractivity contribution in [2.45, 2.75) is 26.3 Å². The highest BCUT2D eigenvalue weighted by Gasteiger charge is 2.22. The third kappa shape index (κ3) is 2.67. The van der Waals surface area contributed by atoms with E-state index in [9.17, 15) is 4.39 Å². The molecule has 2 rings (SSSR count). The first-order valence-electron chi connectivity index (χ1n) is 6.43. The molecule has 1 aromatic rings. The van der Waals surface area contributed by atoms with Crippen LogP contribution in [0.2, 0.25) is 0 Å². The normalized spacial score (nSPS) is 19.2. The zero-order valence-corrected chi connectivity index (χ0v) is 10.7. The number of benzene rings is 1. The molecule has 1 atom stereocenters. The van der Waals surface area contributed by atoms with E-state index in [1.165, 1.54) is 0 Å². The van der Waals surface area contributed by atoms with Gasteiger partial charge in [-0.2, -0.15) is 0 Å². The molecule has 2 nitrogen and oxygen atoms in total. The third-order valence-electron chi connectivity index (χ3n) is 3.65. The van der Waals surface area contributed by atoms with E-state index in [-0.39, 0.29) is 5.82 Å². The lowest BCUT2D eigenvalue weighted by atomic mass is 9.97. The van der Waals surface area contributed by atoms with E-state index in [4.69, 9.17) is 0 Å². The number of halogens is 1. The van der Waals surface area contributed by atoms with Gasteiger partial charge in [0.2, 0.25) is 0 Å². The molecule has 0 saturated carbocycles. The van der Waals surface area contributed by atoms with Crippen molar-refractivity contribution in [1.29, 1.82) is 0 Å². The summed E-state index contributed by atoms with van der Waals surface area (Å²) in [7, 11) is 0. The molecule has 0 spiro atoms. The molecule has 1 fully saturated rings. The van der Waals surface area contributed by atoms with E-state index in [2.05, 4.69) is 23.2 Å². The van der Waals surface area contributed by atoms with Gasteiger partial charge in [0.1, 0.15) is 5.82 Å². The lowest BCUT2D eigenvalue weighted by Crippen LogP contribution is -2.45. The molecule has 0 aromatic heterocycles. The zero-order valence-electron chi connectivity index (χ0n) is 10.7. The van der Waals surface area contributed by atoms with Crippen molar-refractivity contribution in [3.05, 3.63) is 35.1 Å². The molecule has 1 aromatic carbocycles. The fraction of sp³-hybridized carbons (Fsp3) is 0.571. The first-order valence-corrected chi connectivity index (χ1v) is 6.43. The second-order valence-corrected chi connectivity index (χ2v) is 4.66. The van der Waals surface area contributed by atoms with Crippen LogP contribution in [0.15, 0.2) is 18.2 Å². The summed E-state index contributed by atoms with van der Waals surface area (Å²) in [4.78, 5) is 2.46. The Morgan fingerprint density at radius 2 is 2.06 bits per heavy atom. The molecule has 1 N–H and O–H groups in total. The molecule has 1 aliphatic rings. The molecule has 17 heavy (non-hydrogen) atoms. The summed E-state index contributed by atoms with van der Waals surface area (Å²) in [6, 6.07) is 5.79. The van der Waals surface area contributed by atoms with Crippen LogP contribution in [0.4, 0.5) is 4.39 Å². The van der Waals surface area contributed by atoms with E-state index >= 15 is 0 Å². The van der Waals surface area contributed by atoms with E-state index in [0.717, 1.165) is 43.7 Å². The van der Waals surface area contributed by atoms with Crippen LogP contribution in [-0.2, 0) is 0 Å². The Labute approximate surface area is 103 Å². The molecule has 0 radical (unpaired) electrons. The summed E-state index contributed by atoms with van der Waals surface area (Å²) in [5, 5.41) is 3.36. The Morgan fingerprint density at radius 3 is 2.71 bits per heavy atom. The quantitative estimate of drug-likeness (QED) is 0.867. The number of nitrogens with zero attached hydrogens (tertiary/aromatic N) is 1. The number of hydrogen-bond donors (Lipinski definition) is 1. The standard InChI is InChI=1S/C14H21FN2/c1-3-14(17-9-7-16-8-10-17)12-5-4-6-13(15)11(12)2/h4-6,14,16H,3,7-10H2,1-2H3/t14-/m1/s1. The third-order valence-corrected chi connectivity index (χ3v) is 3.65. The lowest BCUT2D eigenvalue weighted by molar-refractivity contribution is 0.168. The molecule has 0 aliphatic carbocycles. The van der Waals surface area contributed by atoms with Gasteiger partial charge in [-0.05, 0) is 30.5 Å². The highest BCUT2D eigenvalue weighted by Crippen LogP contribution is 2.28. The average molecular weight is 236 g/mol. The highest BCUT2D eigenvalue weighted by atomic mass is 19.1. The monoisotopic (exact) mass is 236 g/mol. The fourth-order valence-corrected chi connectivity index (χ4v) is 2.65. The van der Waals surface area contributed by atoms with Gasteiger partial charge in [-0.25, -0.2) is 4.39 Å². The van der Waals surface area contributed by atoms with Crippen molar-refractivity contribution in [2.75, 3.05) is 26.2 Å². The van der Waals surface area contributed by atoms with Crippen LogP contribution >= 0.6 is 0 Å². The van der Waals surface area contributed by atoms with Crippen LogP contribution in [0, 0.1) is 12.7 Å². The summed E-state index contributed by atoms with van der Waals surface area (Å²) < 4.78 is 13.6. The van der Waals surface area contributed by atoms with Gasteiger partial charge in [-0.3, -0.25) is 4.90 Å². The first kappa shape index (κ1) is 12.5. The van der Waals surface area contributed by atoms with Gasteiger partial charge in [0.25, 0.3) is 0 Å². The summed E-state index contributed by atoms with van der Waals surface area (Å²) in [6.07, 6.45) is 1.03. The second kappa shape index (κ2) is 5.61. The number of nitrogens with one attached hydrogen (secondary N) is 1. The van der Waals surface area contributed by atoms with Gasteiger partial charge < -0.3 is 5.32 Å². The highest BCUT2D eigenvalue weighted by molar-refractivity contribution is 5.30. The Hall–Kier alpha value is -0.930. The molecule has 0 amide bonds. The van der Waals surface area contributed by atoms with E-state index in [1.54, 1.807) is 6.07 Å². The lowest BCUT2D eigenvalue weighted by Gasteiger charge is -2.35. The number of rotatable bonds is 3. The second-order valence-electron chi connectivity index (χ2n) is 4.66. The minimum Gasteiger partial charge on any atom is -0.314 e. The molecule has 0 bridgehead atoms. The Kier molecular flexibility index (Phi) is 4.13. The van der Waals surface area contributed by atoms with Gasteiger partial charge in [0.05, 0.1) is 0 Å². The van der Waals surface area contributed by atoms with Gasteiger partial charge >= 0.3 is 0 Å². The van der Waals surface area contributed by atoms with E-state index in [0.29, 0.717) is 6.04 Å². The Morgan fingerprint density at radius 1 is 1.35 bits per heavy atom. The molecular weight excluding hydrogens is 215 g/mol. The average Bonchev–Trinajstić information content (AvgIpc) is 2.37. The van der Waals surface area contributed by atoms with E-state index < -0.39 is 0 Å². The van der Waals surface area contributed by atoms with Crippen LogP contribution in [-0.4, -0.2) is 31.1 Å². The van der Waals surface area contributed by atoms with Crippen LogP contribution in [0.3, 0.4) is 0 Å². The smallest absolute Gasteiger partial charge is 0.126 e. The zero-order chi connectivity index (χ0) is 12.3. The van der Waals surface area contributed by atoms with Crippen LogP contribution in [0.25, 0.3) is 0 Å². The Balaban J connectivity index is 2.24. The number of hydrogen-bond acceptors (Lipinski definition) is 2. The summed E-state index contributed by atoms with van der Waals surface area (Å²) >= 11 is 0. The first-order chi connectivity index (χ1) is 8.24. The predicted molar refractivity (Wildman–Crippen MR) is 68.6 cm³/mol. The van der Waals surface area contributed by atoms with Crippen molar-refractivity contribution in [1.82, 2.24) is 10.2 Å². The Bertz CT molecular complexity index is 372. The topological polar surface area (TPSA) is 15.3 Å². The molecule has 3 heteroatoms. The molecule has 1 aliphatic heterocycles. The van der Waals surface area contributed by atoms with Crippen molar-refractivity contribution in [2.24, 2.45) is 0 Å². The van der Waals surface area contributed by atoms with Gasteiger partial charge in [-0.1, -0.05) is 19.1 Å². The molecule has 94 valence electrons. The molecular formula is C14H21FN2. The van der Waals surface area contributed by atoms with Crippen molar-refractivity contribution in [3.63, 3.8) is 0 Å². The maximum Gasteiger partial charge on any atom is 0.126 e. The maximum atomic E-state index is 13.6. The summed E-state index contributed by atoms with van der Waals surface area (Å²) in [5.74, 6) is -0.0870. The summed E-state index contributed by atoms with van der Waals surface area (Å²) in [6.45, 7) is 8.23. The van der Waals surface area contributed by atoms with Crippen LogP contribution in [0.1, 0.15) is 30.5 Å². The van der Waals surface area contributed by atoms with Crippen LogP contribution in [0.5, 0.6) is 0 Å². The largest absolute Gasteiger partial charge is 0.314 e.